The molecule has 2 rings (SSSR count). The van der Waals surface area contributed by atoms with Gasteiger partial charge >= 0.3 is 12.1 Å². The second-order valence-corrected chi connectivity index (χ2v) is 5.54. The molecule has 2 aromatic rings. The van der Waals surface area contributed by atoms with E-state index in [1.165, 1.54) is 18.3 Å². The van der Waals surface area contributed by atoms with Crippen LogP contribution in [0.15, 0.2) is 41.8 Å². The summed E-state index contributed by atoms with van der Waals surface area (Å²) in [5, 5.41) is 4.09. The van der Waals surface area contributed by atoms with Gasteiger partial charge in [-0.1, -0.05) is 6.07 Å². The molecule has 4 nitrogen and oxygen atoms in total. The van der Waals surface area contributed by atoms with Gasteiger partial charge in [-0.15, -0.1) is 11.3 Å². The number of carbonyl (C=O) groups is 2. The molecule has 0 aliphatic rings. The Balaban J connectivity index is 1.94. The van der Waals surface area contributed by atoms with E-state index in [1.54, 1.807) is 17.5 Å². The van der Waals surface area contributed by atoms with E-state index >= 15 is 0 Å². The van der Waals surface area contributed by atoms with Crippen molar-refractivity contribution in [1.29, 1.82) is 0 Å². The van der Waals surface area contributed by atoms with Crippen molar-refractivity contribution >= 4 is 28.9 Å². The molecule has 8 heteroatoms. The molecule has 0 saturated heterocycles. The van der Waals surface area contributed by atoms with Gasteiger partial charge in [-0.3, -0.25) is 4.79 Å². The molecular formula is C15H12F3NO3S. The standard InChI is InChI=1S/C15H12F3NO3S/c1-9(22-14(21)12-3-2-8-23-12)13(20)19-11-6-4-10(5-7-11)15(16,17)18/h2-9H,1H3,(H,19,20)/t9-/m0/s1. The molecule has 0 aliphatic heterocycles. The number of amides is 1. The van der Waals surface area contributed by atoms with Gasteiger partial charge in [-0.25, -0.2) is 4.79 Å². The van der Waals surface area contributed by atoms with Crippen molar-refractivity contribution in [1.82, 2.24) is 0 Å². The van der Waals surface area contributed by atoms with Crippen LogP contribution < -0.4 is 5.32 Å². The maximum absolute atomic E-state index is 12.4. The van der Waals surface area contributed by atoms with E-state index in [2.05, 4.69) is 5.32 Å². The minimum Gasteiger partial charge on any atom is -0.448 e. The minimum absolute atomic E-state index is 0.182. The quantitative estimate of drug-likeness (QED) is 0.855. The SMILES string of the molecule is C[C@H](OC(=O)c1cccs1)C(=O)Nc1ccc(C(F)(F)F)cc1. The van der Waals surface area contributed by atoms with Gasteiger partial charge < -0.3 is 10.1 Å². The Hall–Kier alpha value is -2.35. The average molecular weight is 343 g/mol. The van der Waals surface area contributed by atoms with Crippen LogP contribution in [0.3, 0.4) is 0 Å². The number of alkyl halides is 3. The maximum atomic E-state index is 12.4. The first-order valence-electron chi connectivity index (χ1n) is 6.50. The lowest BCUT2D eigenvalue weighted by atomic mass is 10.2. The number of ether oxygens (including phenoxy) is 1. The summed E-state index contributed by atoms with van der Waals surface area (Å²) in [6, 6.07) is 7.22. The third-order valence-electron chi connectivity index (χ3n) is 2.86. The third-order valence-corrected chi connectivity index (χ3v) is 3.71. The normalized spacial score (nSPS) is 12.5. The number of hydrogen-bond acceptors (Lipinski definition) is 4. The van der Waals surface area contributed by atoms with Gasteiger partial charge in [0.05, 0.1) is 5.56 Å². The lowest BCUT2D eigenvalue weighted by Crippen LogP contribution is -2.29. The Bertz CT molecular complexity index is 681. The van der Waals surface area contributed by atoms with Crippen LogP contribution in [0.4, 0.5) is 18.9 Å². The largest absolute Gasteiger partial charge is 0.448 e. The molecule has 1 amide bonds. The molecule has 0 fully saturated rings. The first kappa shape index (κ1) is 17.0. The predicted molar refractivity (Wildman–Crippen MR) is 79.3 cm³/mol. The van der Waals surface area contributed by atoms with Gasteiger partial charge in [-0.2, -0.15) is 13.2 Å². The predicted octanol–water partition coefficient (Wildman–Crippen LogP) is 3.95. The van der Waals surface area contributed by atoms with Gasteiger partial charge in [0.1, 0.15) is 4.88 Å². The molecule has 1 heterocycles. The van der Waals surface area contributed by atoms with Gasteiger partial charge in [0.15, 0.2) is 6.10 Å². The van der Waals surface area contributed by atoms with E-state index in [9.17, 15) is 22.8 Å². The van der Waals surface area contributed by atoms with E-state index in [4.69, 9.17) is 4.74 Å². The first-order valence-corrected chi connectivity index (χ1v) is 7.38. The van der Waals surface area contributed by atoms with Gasteiger partial charge in [0.2, 0.25) is 0 Å². The number of carbonyl (C=O) groups excluding carboxylic acids is 2. The molecule has 1 aromatic carbocycles. The summed E-state index contributed by atoms with van der Waals surface area (Å²) in [5.41, 5.74) is -0.630. The molecule has 0 radical (unpaired) electrons. The van der Waals surface area contributed by atoms with E-state index in [0.29, 0.717) is 4.88 Å². The lowest BCUT2D eigenvalue weighted by Gasteiger charge is -2.13. The average Bonchev–Trinajstić information content (AvgIpc) is 3.01. The Morgan fingerprint density at radius 2 is 1.83 bits per heavy atom. The minimum atomic E-state index is -4.44. The maximum Gasteiger partial charge on any atom is 0.416 e. The highest BCUT2D eigenvalue weighted by atomic mass is 32.1. The highest BCUT2D eigenvalue weighted by Crippen LogP contribution is 2.29. The van der Waals surface area contributed by atoms with E-state index < -0.39 is 29.7 Å². The van der Waals surface area contributed by atoms with Crippen molar-refractivity contribution in [3.05, 3.63) is 52.2 Å². The van der Waals surface area contributed by atoms with E-state index in [0.717, 1.165) is 24.3 Å². The monoisotopic (exact) mass is 343 g/mol. The Labute approximate surface area is 133 Å². The zero-order chi connectivity index (χ0) is 17.0. The fraction of sp³-hybridized carbons (Fsp3) is 0.200. The van der Waals surface area contributed by atoms with Crippen molar-refractivity contribution in [3.8, 4) is 0 Å². The summed E-state index contributed by atoms with van der Waals surface area (Å²) in [7, 11) is 0. The molecule has 1 N–H and O–H groups in total. The molecule has 0 saturated carbocycles. The van der Waals surface area contributed by atoms with Crippen molar-refractivity contribution < 1.29 is 27.5 Å². The van der Waals surface area contributed by atoms with Crippen LogP contribution in [0.1, 0.15) is 22.2 Å². The van der Waals surface area contributed by atoms with Crippen LogP contribution in [-0.4, -0.2) is 18.0 Å². The summed E-state index contributed by atoms with van der Waals surface area (Å²) in [4.78, 5) is 24.0. The number of anilines is 1. The van der Waals surface area contributed by atoms with Crippen LogP contribution in [0.5, 0.6) is 0 Å². The fourth-order valence-corrected chi connectivity index (χ4v) is 2.26. The molecule has 1 aromatic heterocycles. The number of nitrogens with one attached hydrogen (secondary N) is 1. The van der Waals surface area contributed by atoms with E-state index in [-0.39, 0.29) is 5.69 Å². The highest BCUT2D eigenvalue weighted by Gasteiger charge is 2.30. The first-order chi connectivity index (χ1) is 10.8. The highest BCUT2D eigenvalue weighted by molar-refractivity contribution is 7.11. The number of rotatable bonds is 4. The number of hydrogen-bond donors (Lipinski definition) is 1. The van der Waals surface area contributed by atoms with Gasteiger partial charge in [-0.05, 0) is 42.6 Å². The van der Waals surface area contributed by atoms with Gasteiger partial charge in [0.25, 0.3) is 5.91 Å². The van der Waals surface area contributed by atoms with Gasteiger partial charge in [0, 0.05) is 5.69 Å². The van der Waals surface area contributed by atoms with Crippen LogP contribution in [0, 0.1) is 0 Å². The van der Waals surface area contributed by atoms with Crippen molar-refractivity contribution in [2.45, 2.75) is 19.2 Å². The molecule has 0 unspecified atom stereocenters. The summed E-state index contributed by atoms with van der Waals surface area (Å²) in [6.45, 7) is 1.38. The van der Waals surface area contributed by atoms with Crippen LogP contribution in [0.25, 0.3) is 0 Å². The molecule has 1 atom stereocenters. The molecule has 0 spiro atoms. The topological polar surface area (TPSA) is 55.4 Å². The Kier molecular flexibility index (Phi) is 5.05. The molecule has 0 bridgehead atoms. The molecule has 0 aliphatic carbocycles. The fourth-order valence-electron chi connectivity index (χ4n) is 1.65. The molecular weight excluding hydrogens is 331 g/mol. The lowest BCUT2D eigenvalue weighted by molar-refractivity contribution is -0.137. The van der Waals surface area contributed by atoms with Crippen molar-refractivity contribution in [2.75, 3.05) is 5.32 Å². The van der Waals surface area contributed by atoms with E-state index in [1.807, 2.05) is 0 Å². The third kappa shape index (κ3) is 4.56. The number of thiophene rings is 1. The van der Waals surface area contributed by atoms with Crippen LogP contribution in [0.2, 0.25) is 0 Å². The summed E-state index contributed by atoms with van der Waals surface area (Å²) >= 11 is 1.18. The van der Waals surface area contributed by atoms with Crippen LogP contribution in [-0.2, 0) is 15.7 Å². The molecule has 122 valence electrons. The van der Waals surface area contributed by atoms with Crippen molar-refractivity contribution in [2.24, 2.45) is 0 Å². The second kappa shape index (κ2) is 6.82. The molecule has 23 heavy (non-hydrogen) atoms. The number of esters is 1. The number of halogens is 3. The zero-order valence-corrected chi connectivity index (χ0v) is 12.7. The number of benzene rings is 1. The second-order valence-electron chi connectivity index (χ2n) is 4.59. The zero-order valence-electron chi connectivity index (χ0n) is 11.9. The Morgan fingerprint density at radius 1 is 1.17 bits per heavy atom. The summed E-state index contributed by atoms with van der Waals surface area (Å²) < 4.78 is 42.3. The Morgan fingerprint density at radius 3 is 2.35 bits per heavy atom. The van der Waals surface area contributed by atoms with Crippen LogP contribution >= 0.6 is 11.3 Å². The van der Waals surface area contributed by atoms with Crippen molar-refractivity contribution in [3.63, 3.8) is 0 Å². The summed E-state index contributed by atoms with van der Waals surface area (Å²) in [6.07, 6.45) is -5.52. The summed E-state index contributed by atoms with van der Waals surface area (Å²) in [5.74, 6) is -1.26. The smallest absolute Gasteiger partial charge is 0.416 e.